The number of hydrogen-bond donors (Lipinski definition) is 0. The Kier molecular flexibility index (Phi) is 6.01. The van der Waals surface area contributed by atoms with Gasteiger partial charge in [0.15, 0.2) is 17.5 Å². The molecule has 224 valence electrons. The first-order valence-electron chi connectivity index (χ1n) is 16.0. The van der Waals surface area contributed by atoms with E-state index in [-0.39, 0.29) is 0 Å². The molecule has 0 fully saturated rings. The lowest BCUT2D eigenvalue weighted by molar-refractivity contribution is 1.07. The van der Waals surface area contributed by atoms with Gasteiger partial charge in [-0.25, -0.2) is 15.0 Å². The molecule has 3 aromatic heterocycles. The van der Waals surface area contributed by atoms with Gasteiger partial charge >= 0.3 is 0 Å². The summed E-state index contributed by atoms with van der Waals surface area (Å²) in [5.41, 5.74) is 6.36. The van der Waals surface area contributed by atoms with E-state index in [2.05, 4.69) is 102 Å². The van der Waals surface area contributed by atoms with Crippen LogP contribution in [0.5, 0.6) is 0 Å². The summed E-state index contributed by atoms with van der Waals surface area (Å²) in [6.45, 7) is 0. The Labute approximate surface area is 280 Å². The topological polar surface area (TPSA) is 43.6 Å². The molecule has 0 radical (unpaired) electrons. The van der Waals surface area contributed by atoms with Crippen LogP contribution in [0.3, 0.4) is 0 Å². The molecule has 48 heavy (non-hydrogen) atoms. The fraction of sp³-hybridized carbons (Fsp3) is 0. The van der Waals surface area contributed by atoms with Crippen molar-refractivity contribution in [2.45, 2.75) is 0 Å². The van der Waals surface area contributed by atoms with Crippen LogP contribution >= 0.6 is 11.3 Å². The molecular formula is C43H26N4S. The molecule has 0 aliphatic carbocycles. The predicted molar refractivity (Wildman–Crippen MR) is 201 cm³/mol. The average Bonchev–Trinajstić information content (AvgIpc) is 3.71. The number of benzene rings is 7. The molecule has 0 bridgehead atoms. The molecule has 0 aliphatic heterocycles. The van der Waals surface area contributed by atoms with Gasteiger partial charge in [-0.1, -0.05) is 115 Å². The maximum Gasteiger partial charge on any atom is 0.164 e. The third kappa shape index (κ3) is 4.18. The van der Waals surface area contributed by atoms with Crippen molar-refractivity contribution < 1.29 is 0 Å². The van der Waals surface area contributed by atoms with E-state index in [1.165, 1.54) is 52.8 Å². The molecule has 10 aromatic rings. The first-order valence-corrected chi connectivity index (χ1v) is 16.9. The highest BCUT2D eigenvalue weighted by atomic mass is 32.1. The van der Waals surface area contributed by atoms with E-state index in [9.17, 15) is 0 Å². The SMILES string of the molecule is c1ccc(-c2nc(-c3ccccc3)nc(-c3ccc(-n4c5ccc6sc7ccccc7c6c5c5ccc6ccccc6c54)cc3)n2)cc1. The molecule has 7 aromatic carbocycles. The van der Waals surface area contributed by atoms with Crippen LogP contribution in [-0.4, -0.2) is 19.5 Å². The van der Waals surface area contributed by atoms with Crippen molar-refractivity contribution >= 4 is 64.1 Å². The molecule has 0 aliphatic rings. The van der Waals surface area contributed by atoms with E-state index in [0.29, 0.717) is 17.5 Å². The highest BCUT2D eigenvalue weighted by Crippen LogP contribution is 2.45. The Morgan fingerprint density at radius 3 is 1.67 bits per heavy atom. The Hall–Kier alpha value is -6.17. The van der Waals surface area contributed by atoms with Crippen molar-refractivity contribution in [3.05, 3.63) is 158 Å². The maximum absolute atomic E-state index is 4.96. The molecule has 0 N–H and O–H groups in total. The summed E-state index contributed by atoms with van der Waals surface area (Å²) in [5, 5.41) is 7.66. The van der Waals surface area contributed by atoms with Gasteiger partial charge in [-0.3, -0.25) is 0 Å². The summed E-state index contributed by atoms with van der Waals surface area (Å²) in [4.78, 5) is 14.8. The van der Waals surface area contributed by atoms with Crippen LogP contribution in [0.1, 0.15) is 0 Å². The lowest BCUT2D eigenvalue weighted by atomic mass is 10.0. The van der Waals surface area contributed by atoms with Crippen LogP contribution in [0.25, 0.3) is 92.6 Å². The second-order valence-corrected chi connectivity index (χ2v) is 13.1. The zero-order valence-electron chi connectivity index (χ0n) is 25.7. The van der Waals surface area contributed by atoms with Gasteiger partial charge in [0.05, 0.1) is 11.0 Å². The summed E-state index contributed by atoms with van der Waals surface area (Å²) in [6, 6.07) is 55.5. The minimum atomic E-state index is 0.647. The van der Waals surface area contributed by atoms with Crippen molar-refractivity contribution in [3.63, 3.8) is 0 Å². The van der Waals surface area contributed by atoms with Crippen molar-refractivity contribution in [1.82, 2.24) is 19.5 Å². The number of hydrogen-bond acceptors (Lipinski definition) is 4. The van der Waals surface area contributed by atoms with Crippen LogP contribution in [0, 0.1) is 0 Å². The number of fused-ring (bicyclic) bond motifs is 9. The van der Waals surface area contributed by atoms with Gasteiger partial charge in [0.25, 0.3) is 0 Å². The summed E-state index contributed by atoms with van der Waals surface area (Å²) in [6.07, 6.45) is 0. The van der Waals surface area contributed by atoms with E-state index >= 15 is 0 Å². The summed E-state index contributed by atoms with van der Waals surface area (Å²) in [5.74, 6) is 1.96. The van der Waals surface area contributed by atoms with Gasteiger partial charge in [-0.15, -0.1) is 11.3 Å². The molecule has 4 nitrogen and oxygen atoms in total. The van der Waals surface area contributed by atoms with Crippen molar-refractivity contribution in [2.75, 3.05) is 0 Å². The maximum atomic E-state index is 4.96. The quantitative estimate of drug-likeness (QED) is 0.194. The largest absolute Gasteiger partial charge is 0.309 e. The molecule has 0 amide bonds. The minimum Gasteiger partial charge on any atom is -0.309 e. The molecule has 10 rings (SSSR count). The van der Waals surface area contributed by atoms with Crippen LogP contribution in [0.2, 0.25) is 0 Å². The number of nitrogens with zero attached hydrogens (tertiary/aromatic N) is 4. The molecule has 3 heterocycles. The van der Waals surface area contributed by atoms with E-state index in [1.54, 1.807) is 0 Å². The zero-order valence-corrected chi connectivity index (χ0v) is 26.5. The van der Waals surface area contributed by atoms with Gasteiger partial charge in [-0.05, 0) is 47.9 Å². The molecule has 0 saturated carbocycles. The van der Waals surface area contributed by atoms with Crippen molar-refractivity contribution in [1.29, 1.82) is 0 Å². The fourth-order valence-corrected chi connectivity index (χ4v) is 8.16. The Morgan fingerprint density at radius 2 is 0.979 bits per heavy atom. The molecular weight excluding hydrogens is 605 g/mol. The summed E-state index contributed by atoms with van der Waals surface area (Å²) >= 11 is 1.86. The van der Waals surface area contributed by atoms with Crippen LogP contribution in [0.4, 0.5) is 0 Å². The zero-order chi connectivity index (χ0) is 31.6. The van der Waals surface area contributed by atoms with E-state index in [4.69, 9.17) is 15.0 Å². The highest BCUT2D eigenvalue weighted by Gasteiger charge is 2.20. The third-order valence-corrected chi connectivity index (χ3v) is 10.4. The molecule has 0 spiro atoms. The fourth-order valence-electron chi connectivity index (χ4n) is 7.05. The van der Waals surface area contributed by atoms with Gasteiger partial charge in [-0.2, -0.15) is 0 Å². The van der Waals surface area contributed by atoms with Gasteiger partial charge in [0, 0.05) is 58.7 Å². The standard InChI is InChI=1S/C43H26N4S/c1-3-12-28(13-4-1)41-44-42(29-14-5-2-6-15-29)46-43(45-41)30-19-22-31(23-20-30)47-35-25-26-37-39(33-17-9-10-18-36(33)48-37)38(35)34-24-21-27-11-7-8-16-32(27)40(34)47/h1-26H. The Balaban J connectivity index is 1.20. The second-order valence-electron chi connectivity index (χ2n) is 12.0. The monoisotopic (exact) mass is 630 g/mol. The number of rotatable bonds is 4. The molecule has 0 atom stereocenters. The Morgan fingerprint density at radius 1 is 0.396 bits per heavy atom. The smallest absolute Gasteiger partial charge is 0.164 e. The highest BCUT2D eigenvalue weighted by molar-refractivity contribution is 7.26. The predicted octanol–water partition coefficient (Wildman–Crippen LogP) is 11.5. The van der Waals surface area contributed by atoms with Crippen LogP contribution in [0.15, 0.2) is 158 Å². The first kappa shape index (κ1) is 27.0. The third-order valence-electron chi connectivity index (χ3n) is 9.24. The second kappa shape index (κ2) is 10.7. The van der Waals surface area contributed by atoms with E-state index in [0.717, 1.165) is 22.4 Å². The van der Waals surface area contributed by atoms with Gasteiger partial charge in [0.2, 0.25) is 0 Å². The van der Waals surface area contributed by atoms with Crippen LogP contribution < -0.4 is 0 Å². The van der Waals surface area contributed by atoms with Gasteiger partial charge < -0.3 is 4.57 Å². The molecule has 0 saturated heterocycles. The average molecular weight is 631 g/mol. The normalized spacial score (nSPS) is 11.8. The lowest BCUT2D eigenvalue weighted by Gasteiger charge is -2.12. The van der Waals surface area contributed by atoms with Crippen LogP contribution in [-0.2, 0) is 0 Å². The molecule has 0 unspecified atom stereocenters. The summed E-state index contributed by atoms with van der Waals surface area (Å²) < 4.78 is 5.05. The lowest BCUT2D eigenvalue weighted by Crippen LogP contribution is -2.00. The van der Waals surface area contributed by atoms with Gasteiger partial charge in [0.1, 0.15) is 0 Å². The molecule has 5 heteroatoms. The Bertz CT molecular complexity index is 2760. The first-order chi connectivity index (χ1) is 23.8. The summed E-state index contributed by atoms with van der Waals surface area (Å²) in [7, 11) is 0. The van der Waals surface area contributed by atoms with Crippen molar-refractivity contribution in [3.8, 4) is 39.9 Å². The van der Waals surface area contributed by atoms with E-state index in [1.807, 2.05) is 72.0 Å². The number of aromatic nitrogens is 4. The minimum absolute atomic E-state index is 0.647. The van der Waals surface area contributed by atoms with Crippen molar-refractivity contribution in [2.24, 2.45) is 0 Å². The van der Waals surface area contributed by atoms with E-state index < -0.39 is 0 Å². The number of thiophene rings is 1.